The van der Waals surface area contributed by atoms with Crippen molar-refractivity contribution < 1.29 is 9.53 Å². The number of hydrogen-bond acceptors (Lipinski definition) is 5. The molecule has 19 heavy (non-hydrogen) atoms. The maximum atomic E-state index is 11.7. The molecule has 0 saturated carbocycles. The number of aromatic amines is 1. The summed E-state index contributed by atoms with van der Waals surface area (Å²) in [5, 5.41) is 6.74. The molecule has 2 aromatic rings. The van der Waals surface area contributed by atoms with E-state index in [1.165, 1.54) is 30.4 Å². The van der Waals surface area contributed by atoms with Gasteiger partial charge >= 0.3 is 5.69 Å². The van der Waals surface area contributed by atoms with Crippen LogP contribution in [0, 0.1) is 0 Å². The first-order valence-electron chi connectivity index (χ1n) is 5.51. The number of ether oxygens (including phenoxy) is 1. The van der Waals surface area contributed by atoms with Crippen molar-refractivity contribution in [3.63, 3.8) is 0 Å². The van der Waals surface area contributed by atoms with Crippen LogP contribution >= 0.6 is 11.8 Å². The summed E-state index contributed by atoms with van der Waals surface area (Å²) in [6.07, 6.45) is 0. The predicted octanol–water partition coefficient (Wildman–Crippen LogP) is 1.47. The number of rotatable bonds is 4. The highest BCUT2D eigenvalue weighted by Gasteiger charge is 2.16. The summed E-state index contributed by atoms with van der Waals surface area (Å²) in [5.74, 6) is 0.415. The summed E-state index contributed by atoms with van der Waals surface area (Å²) in [7, 11) is 3.13. The third-order valence-electron chi connectivity index (χ3n) is 2.60. The Morgan fingerprint density at radius 3 is 2.74 bits per heavy atom. The molecule has 0 atom stereocenters. The van der Waals surface area contributed by atoms with Gasteiger partial charge < -0.3 is 4.74 Å². The molecule has 1 N–H and O–H groups in total. The van der Waals surface area contributed by atoms with Crippen LogP contribution in [-0.2, 0) is 7.05 Å². The van der Waals surface area contributed by atoms with Crippen LogP contribution in [0.1, 0.15) is 17.3 Å². The Kier molecular flexibility index (Phi) is 3.75. The molecule has 1 aromatic carbocycles. The maximum absolute atomic E-state index is 11.7. The Morgan fingerprint density at radius 1 is 1.47 bits per heavy atom. The zero-order chi connectivity index (χ0) is 14.0. The lowest BCUT2D eigenvalue weighted by atomic mass is 10.1. The third-order valence-corrected chi connectivity index (χ3v) is 3.71. The molecule has 0 bridgehead atoms. The minimum atomic E-state index is -0.297. The molecular formula is C12H13N3O3S. The second-order valence-corrected chi connectivity index (χ2v) is 4.87. The molecule has 0 fully saturated rings. The maximum Gasteiger partial charge on any atom is 0.343 e. The van der Waals surface area contributed by atoms with E-state index in [4.69, 9.17) is 4.74 Å². The number of hydrogen-bond donors (Lipinski definition) is 1. The smallest absolute Gasteiger partial charge is 0.343 e. The van der Waals surface area contributed by atoms with Gasteiger partial charge in [0.2, 0.25) is 0 Å². The van der Waals surface area contributed by atoms with Crippen LogP contribution in [0.2, 0.25) is 0 Å². The zero-order valence-electron chi connectivity index (χ0n) is 10.8. The van der Waals surface area contributed by atoms with E-state index in [1.807, 2.05) is 0 Å². The molecule has 0 aliphatic heterocycles. The van der Waals surface area contributed by atoms with Crippen LogP contribution in [0.5, 0.6) is 5.75 Å². The number of ketones is 1. The fourth-order valence-corrected chi connectivity index (χ4v) is 2.64. The van der Waals surface area contributed by atoms with Gasteiger partial charge in [0, 0.05) is 11.9 Å². The molecule has 1 heterocycles. The van der Waals surface area contributed by atoms with Crippen LogP contribution in [0.15, 0.2) is 33.0 Å². The Bertz CT molecular complexity index is 675. The second kappa shape index (κ2) is 5.31. The molecule has 6 nitrogen and oxygen atoms in total. The number of methoxy groups -OCH3 is 1. The summed E-state index contributed by atoms with van der Waals surface area (Å²) < 4.78 is 6.57. The topological polar surface area (TPSA) is 77.0 Å². The van der Waals surface area contributed by atoms with Gasteiger partial charge in [0.25, 0.3) is 0 Å². The largest absolute Gasteiger partial charge is 0.496 e. The lowest BCUT2D eigenvalue weighted by Crippen LogP contribution is -2.12. The summed E-state index contributed by atoms with van der Waals surface area (Å²) in [5.41, 5.74) is 0.195. The van der Waals surface area contributed by atoms with Crippen molar-refractivity contribution in [2.75, 3.05) is 7.11 Å². The van der Waals surface area contributed by atoms with Gasteiger partial charge in [-0.1, -0.05) is 6.07 Å². The predicted molar refractivity (Wildman–Crippen MR) is 71.0 cm³/mol. The minimum absolute atomic E-state index is 0.0968. The standard InChI is InChI=1S/C12H13N3O3S/c1-7(16)10-8(18-3)5-4-6-9(10)19-12-14-13-11(17)15(12)2/h4-6H,1-3H3,(H,13,17). The van der Waals surface area contributed by atoms with Crippen molar-refractivity contribution in [1.82, 2.24) is 14.8 Å². The molecule has 100 valence electrons. The van der Waals surface area contributed by atoms with Crippen LogP contribution < -0.4 is 10.4 Å². The number of Topliss-reactive ketones (excluding diaryl/α,β-unsaturated/α-hetero) is 1. The molecule has 0 aliphatic carbocycles. The SMILES string of the molecule is COc1cccc(Sc2n[nH]c(=O)n2C)c1C(C)=O. The first kappa shape index (κ1) is 13.4. The molecule has 0 spiro atoms. The van der Waals surface area contributed by atoms with Crippen molar-refractivity contribution in [2.45, 2.75) is 17.0 Å². The molecule has 7 heteroatoms. The Balaban J connectivity index is 2.48. The summed E-state index contributed by atoms with van der Waals surface area (Å²) in [6, 6.07) is 5.31. The highest BCUT2D eigenvalue weighted by atomic mass is 32.2. The highest BCUT2D eigenvalue weighted by molar-refractivity contribution is 7.99. The third kappa shape index (κ3) is 2.55. The molecule has 0 amide bonds. The number of nitrogens with one attached hydrogen (secondary N) is 1. The fourth-order valence-electron chi connectivity index (χ4n) is 1.64. The average molecular weight is 279 g/mol. The molecule has 0 radical (unpaired) electrons. The van der Waals surface area contributed by atoms with Gasteiger partial charge in [-0.3, -0.25) is 9.36 Å². The van der Waals surface area contributed by atoms with E-state index in [2.05, 4.69) is 10.2 Å². The Morgan fingerprint density at radius 2 is 2.21 bits per heavy atom. The average Bonchev–Trinajstić information content (AvgIpc) is 2.70. The lowest BCUT2D eigenvalue weighted by molar-refractivity contribution is 0.101. The van der Waals surface area contributed by atoms with Gasteiger partial charge in [0.05, 0.1) is 12.7 Å². The molecule has 0 saturated heterocycles. The van der Waals surface area contributed by atoms with E-state index in [-0.39, 0.29) is 11.5 Å². The van der Waals surface area contributed by atoms with Crippen molar-refractivity contribution in [1.29, 1.82) is 0 Å². The first-order valence-corrected chi connectivity index (χ1v) is 6.33. The first-order chi connectivity index (χ1) is 9.04. The van der Waals surface area contributed by atoms with Crippen molar-refractivity contribution in [3.05, 3.63) is 34.2 Å². The quantitative estimate of drug-likeness (QED) is 0.858. The number of nitrogens with zero attached hydrogens (tertiary/aromatic N) is 2. The van der Waals surface area contributed by atoms with E-state index < -0.39 is 0 Å². The lowest BCUT2D eigenvalue weighted by Gasteiger charge is -2.10. The van der Waals surface area contributed by atoms with E-state index in [1.54, 1.807) is 25.2 Å². The minimum Gasteiger partial charge on any atom is -0.496 e. The van der Waals surface area contributed by atoms with Gasteiger partial charge in [-0.2, -0.15) is 0 Å². The second-order valence-electron chi connectivity index (χ2n) is 3.86. The van der Waals surface area contributed by atoms with E-state index in [0.717, 1.165) is 0 Å². The highest BCUT2D eigenvalue weighted by Crippen LogP contribution is 2.33. The number of carbonyl (C=O) groups is 1. The summed E-state index contributed by atoms with van der Waals surface area (Å²) in [6.45, 7) is 1.48. The van der Waals surface area contributed by atoms with Gasteiger partial charge in [-0.05, 0) is 30.8 Å². The monoisotopic (exact) mass is 279 g/mol. The van der Waals surface area contributed by atoms with Crippen LogP contribution in [0.3, 0.4) is 0 Å². The normalized spacial score (nSPS) is 10.5. The van der Waals surface area contributed by atoms with Gasteiger partial charge in [0.1, 0.15) is 5.75 Å². The molecule has 1 aromatic heterocycles. The number of benzene rings is 1. The van der Waals surface area contributed by atoms with E-state index in [0.29, 0.717) is 21.4 Å². The summed E-state index contributed by atoms with van der Waals surface area (Å²) in [4.78, 5) is 23.8. The van der Waals surface area contributed by atoms with Crippen LogP contribution in [0.25, 0.3) is 0 Å². The molecule has 2 rings (SSSR count). The molecular weight excluding hydrogens is 266 g/mol. The van der Waals surface area contributed by atoms with Crippen molar-refractivity contribution in [2.24, 2.45) is 7.05 Å². The Hall–Kier alpha value is -2.02. The van der Waals surface area contributed by atoms with E-state index in [9.17, 15) is 9.59 Å². The van der Waals surface area contributed by atoms with Gasteiger partial charge in [-0.15, -0.1) is 5.10 Å². The molecule has 0 aliphatic rings. The van der Waals surface area contributed by atoms with Gasteiger partial charge in [0.15, 0.2) is 10.9 Å². The number of H-pyrrole nitrogens is 1. The van der Waals surface area contributed by atoms with Crippen molar-refractivity contribution >= 4 is 17.5 Å². The summed E-state index contributed by atoms with van der Waals surface area (Å²) >= 11 is 1.24. The number of carbonyl (C=O) groups excluding carboxylic acids is 1. The Labute approximate surface area is 113 Å². The zero-order valence-corrected chi connectivity index (χ0v) is 11.6. The van der Waals surface area contributed by atoms with Gasteiger partial charge in [-0.25, -0.2) is 9.89 Å². The van der Waals surface area contributed by atoms with Crippen LogP contribution in [0.4, 0.5) is 0 Å². The molecule has 0 unspecified atom stereocenters. The number of aromatic nitrogens is 3. The van der Waals surface area contributed by atoms with Crippen LogP contribution in [-0.4, -0.2) is 27.7 Å². The van der Waals surface area contributed by atoms with Crippen molar-refractivity contribution in [3.8, 4) is 5.75 Å². The fraction of sp³-hybridized carbons (Fsp3) is 0.250. The van der Waals surface area contributed by atoms with E-state index >= 15 is 0 Å².